The van der Waals surface area contributed by atoms with Crippen molar-refractivity contribution in [1.82, 2.24) is 0 Å². The third-order valence-corrected chi connectivity index (χ3v) is 3.90. The van der Waals surface area contributed by atoms with Crippen LogP contribution in [0.2, 0.25) is 5.02 Å². The Bertz CT molecular complexity index is 686. The van der Waals surface area contributed by atoms with Crippen molar-refractivity contribution in [1.29, 1.82) is 0 Å². The smallest absolute Gasteiger partial charge is 0.228 e. The predicted molar refractivity (Wildman–Crippen MR) is 82.6 cm³/mol. The lowest BCUT2D eigenvalue weighted by atomic mass is 10.1. The normalized spacial score (nSPS) is 10.5. The Morgan fingerprint density at radius 2 is 2.00 bits per heavy atom. The summed E-state index contributed by atoms with van der Waals surface area (Å²) in [5, 5.41) is 2.74. The van der Waals surface area contributed by atoms with Crippen molar-refractivity contribution in [3.8, 4) is 0 Å². The molecule has 0 heterocycles. The van der Waals surface area contributed by atoms with E-state index in [2.05, 4.69) is 21.2 Å². The van der Waals surface area contributed by atoms with Gasteiger partial charge in [-0.2, -0.15) is 0 Å². The summed E-state index contributed by atoms with van der Waals surface area (Å²) >= 11 is 8.93. The molecule has 1 amide bonds. The maximum Gasteiger partial charge on any atom is 0.228 e. The summed E-state index contributed by atoms with van der Waals surface area (Å²) in [6.45, 7) is 1.73. The number of nitrogens with one attached hydrogen (secondary N) is 1. The van der Waals surface area contributed by atoms with Gasteiger partial charge in [0, 0.05) is 16.3 Å². The molecular weight excluding hydrogens is 364 g/mol. The van der Waals surface area contributed by atoms with Gasteiger partial charge in [0.15, 0.2) is 0 Å². The highest BCUT2D eigenvalue weighted by Crippen LogP contribution is 2.25. The van der Waals surface area contributed by atoms with Crippen molar-refractivity contribution in [3.05, 3.63) is 62.6 Å². The average Bonchev–Trinajstić information content (AvgIpc) is 2.40. The zero-order valence-electron chi connectivity index (χ0n) is 11.0. The van der Waals surface area contributed by atoms with Gasteiger partial charge in [-0.15, -0.1) is 0 Å². The second-order valence-corrected chi connectivity index (χ2v) is 5.77. The van der Waals surface area contributed by atoms with E-state index < -0.39 is 17.5 Å². The molecule has 0 aliphatic carbocycles. The first-order valence-electron chi connectivity index (χ1n) is 6.07. The Kier molecular flexibility index (Phi) is 4.96. The number of hydrogen-bond donors (Lipinski definition) is 1. The van der Waals surface area contributed by atoms with Crippen LogP contribution in [-0.2, 0) is 11.2 Å². The lowest BCUT2D eigenvalue weighted by molar-refractivity contribution is -0.115. The molecule has 0 unspecified atom stereocenters. The number of halogens is 4. The van der Waals surface area contributed by atoms with E-state index in [0.29, 0.717) is 15.7 Å². The number of hydrogen-bond acceptors (Lipinski definition) is 1. The van der Waals surface area contributed by atoms with Crippen LogP contribution in [0.25, 0.3) is 0 Å². The number of benzene rings is 2. The van der Waals surface area contributed by atoms with Crippen LogP contribution < -0.4 is 5.32 Å². The highest BCUT2D eigenvalue weighted by atomic mass is 79.9. The largest absolute Gasteiger partial charge is 0.325 e. The molecular formula is C15H11BrClF2NO. The second-order valence-electron chi connectivity index (χ2n) is 4.51. The molecule has 0 atom stereocenters. The monoisotopic (exact) mass is 373 g/mol. The molecule has 2 rings (SSSR count). The molecule has 0 spiro atoms. The molecule has 0 saturated carbocycles. The minimum atomic E-state index is -0.545. The van der Waals surface area contributed by atoms with Crippen LogP contribution in [0.1, 0.15) is 11.1 Å². The molecule has 0 saturated heterocycles. The van der Waals surface area contributed by atoms with Crippen LogP contribution in [0.15, 0.2) is 34.8 Å². The van der Waals surface area contributed by atoms with E-state index in [0.717, 1.165) is 0 Å². The van der Waals surface area contributed by atoms with Gasteiger partial charge in [0.1, 0.15) is 11.6 Å². The van der Waals surface area contributed by atoms with Crippen LogP contribution in [0, 0.1) is 18.6 Å². The third kappa shape index (κ3) is 3.80. The molecule has 2 aromatic rings. The summed E-state index contributed by atoms with van der Waals surface area (Å²) in [6, 6.07) is 6.98. The molecule has 6 heteroatoms. The number of carbonyl (C=O) groups excluding carboxylic acids is 1. The van der Waals surface area contributed by atoms with Crippen molar-refractivity contribution in [2.75, 3.05) is 5.32 Å². The van der Waals surface area contributed by atoms with Gasteiger partial charge >= 0.3 is 0 Å². The Hall–Kier alpha value is -1.46. The Balaban J connectivity index is 2.18. The lowest BCUT2D eigenvalue weighted by Gasteiger charge is -2.10. The van der Waals surface area contributed by atoms with E-state index in [1.54, 1.807) is 13.0 Å². The van der Waals surface area contributed by atoms with E-state index in [4.69, 9.17) is 11.6 Å². The van der Waals surface area contributed by atoms with Crippen LogP contribution in [-0.4, -0.2) is 5.91 Å². The molecule has 1 N–H and O–H groups in total. The number of amides is 1. The van der Waals surface area contributed by atoms with Crippen molar-refractivity contribution in [2.24, 2.45) is 0 Å². The quantitative estimate of drug-likeness (QED) is 0.816. The maximum absolute atomic E-state index is 13.6. The van der Waals surface area contributed by atoms with Gasteiger partial charge in [0.05, 0.1) is 10.9 Å². The summed E-state index contributed by atoms with van der Waals surface area (Å²) < 4.78 is 27.4. The number of rotatable bonds is 3. The van der Waals surface area contributed by atoms with Gasteiger partial charge in [-0.25, -0.2) is 8.78 Å². The maximum atomic E-state index is 13.6. The Morgan fingerprint density at radius 1 is 1.29 bits per heavy atom. The van der Waals surface area contributed by atoms with E-state index in [1.807, 2.05) is 0 Å². The molecule has 21 heavy (non-hydrogen) atoms. The summed E-state index contributed by atoms with van der Waals surface area (Å²) in [4.78, 5) is 12.0. The van der Waals surface area contributed by atoms with Gasteiger partial charge in [0.25, 0.3) is 0 Å². The topological polar surface area (TPSA) is 29.1 Å². The van der Waals surface area contributed by atoms with E-state index in [9.17, 15) is 13.6 Å². The fourth-order valence-corrected chi connectivity index (χ4v) is 2.52. The van der Waals surface area contributed by atoms with Crippen molar-refractivity contribution < 1.29 is 13.6 Å². The standard InChI is InChI=1S/C15H11BrClF2NO/c1-8-5-10(16)13(19)7-14(8)20-15(21)6-9-11(17)3-2-4-12(9)18/h2-5,7H,6H2,1H3,(H,20,21). The van der Waals surface area contributed by atoms with Crippen molar-refractivity contribution in [3.63, 3.8) is 0 Å². The number of anilines is 1. The Morgan fingerprint density at radius 3 is 2.67 bits per heavy atom. The Labute approximate surface area is 134 Å². The summed E-state index contributed by atoms with van der Waals surface area (Å²) in [6.07, 6.45) is -0.220. The SMILES string of the molecule is Cc1cc(Br)c(F)cc1NC(=O)Cc1c(F)cccc1Cl. The van der Waals surface area contributed by atoms with Gasteiger partial charge in [-0.1, -0.05) is 17.7 Å². The lowest BCUT2D eigenvalue weighted by Crippen LogP contribution is -2.16. The fourth-order valence-electron chi connectivity index (χ4n) is 1.84. The second kappa shape index (κ2) is 6.54. The molecule has 0 radical (unpaired) electrons. The number of carbonyl (C=O) groups is 1. The van der Waals surface area contributed by atoms with Gasteiger partial charge in [-0.05, 0) is 52.7 Å². The van der Waals surface area contributed by atoms with E-state index in [1.165, 1.54) is 24.3 Å². The minimum Gasteiger partial charge on any atom is -0.325 e. The summed E-state index contributed by atoms with van der Waals surface area (Å²) in [5.41, 5.74) is 1.15. The zero-order chi connectivity index (χ0) is 15.6. The molecule has 2 nitrogen and oxygen atoms in total. The fraction of sp³-hybridized carbons (Fsp3) is 0.133. The molecule has 2 aromatic carbocycles. The van der Waals surface area contributed by atoms with Crippen molar-refractivity contribution >= 4 is 39.1 Å². The highest BCUT2D eigenvalue weighted by Gasteiger charge is 2.13. The zero-order valence-corrected chi connectivity index (χ0v) is 13.4. The van der Waals surface area contributed by atoms with Crippen molar-refractivity contribution in [2.45, 2.75) is 13.3 Å². The molecule has 0 aromatic heterocycles. The average molecular weight is 375 g/mol. The van der Waals surface area contributed by atoms with Gasteiger partial charge in [-0.3, -0.25) is 4.79 Å². The van der Waals surface area contributed by atoms with Gasteiger partial charge in [0.2, 0.25) is 5.91 Å². The van der Waals surface area contributed by atoms with Crippen LogP contribution in [0.5, 0.6) is 0 Å². The third-order valence-electron chi connectivity index (χ3n) is 2.94. The van der Waals surface area contributed by atoms with Crippen LogP contribution in [0.4, 0.5) is 14.5 Å². The predicted octanol–water partition coefficient (Wildman–Crippen LogP) is 4.87. The molecule has 0 fully saturated rings. The molecule has 0 aliphatic rings. The first-order valence-corrected chi connectivity index (χ1v) is 7.24. The molecule has 0 aliphatic heterocycles. The van der Waals surface area contributed by atoms with Gasteiger partial charge < -0.3 is 5.32 Å². The first-order chi connectivity index (χ1) is 9.88. The summed E-state index contributed by atoms with van der Waals surface area (Å²) in [5.74, 6) is -1.50. The molecule has 110 valence electrons. The van der Waals surface area contributed by atoms with E-state index in [-0.39, 0.29) is 17.0 Å². The van der Waals surface area contributed by atoms with E-state index >= 15 is 0 Å². The number of aryl methyl sites for hydroxylation is 1. The van der Waals surface area contributed by atoms with Crippen LogP contribution >= 0.6 is 27.5 Å². The molecule has 0 bridgehead atoms. The first kappa shape index (κ1) is 15.9. The highest BCUT2D eigenvalue weighted by molar-refractivity contribution is 9.10. The summed E-state index contributed by atoms with van der Waals surface area (Å²) in [7, 11) is 0. The minimum absolute atomic E-state index is 0.118. The van der Waals surface area contributed by atoms with Crippen LogP contribution in [0.3, 0.4) is 0 Å².